The highest BCUT2D eigenvalue weighted by Crippen LogP contribution is 2.29. The minimum atomic E-state index is -0.933. The van der Waals surface area contributed by atoms with Crippen molar-refractivity contribution in [2.24, 2.45) is 0 Å². The molecule has 5 rings (SSSR count). The van der Waals surface area contributed by atoms with E-state index in [2.05, 4.69) is 5.32 Å². The maximum Gasteiger partial charge on any atom is 0.326 e. The zero-order chi connectivity index (χ0) is 24.7. The fourth-order valence-electron chi connectivity index (χ4n) is 4.08. The predicted molar refractivity (Wildman–Crippen MR) is 121 cm³/mol. The van der Waals surface area contributed by atoms with Crippen LogP contribution in [0.15, 0.2) is 66.7 Å². The van der Waals surface area contributed by atoms with Crippen LogP contribution in [0.3, 0.4) is 0 Å². The molecule has 1 aliphatic carbocycles. The van der Waals surface area contributed by atoms with Crippen LogP contribution in [0, 0.1) is 0 Å². The molecule has 0 atom stereocenters. The van der Waals surface area contributed by atoms with E-state index in [0.717, 1.165) is 4.90 Å². The number of ketones is 2. The monoisotopic (exact) mass is 468 g/mol. The van der Waals surface area contributed by atoms with E-state index in [1.807, 2.05) is 0 Å². The van der Waals surface area contributed by atoms with E-state index >= 15 is 0 Å². The van der Waals surface area contributed by atoms with E-state index in [1.165, 1.54) is 30.3 Å². The normalized spacial score (nSPS) is 13.8. The fraction of sp³-hybridized carbons (Fsp3) is 0.0769. The summed E-state index contributed by atoms with van der Waals surface area (Å²) in [6.45, 7) is -1.30. The number of carbonyl (C=O) groups is 6. The Morgan fingerprint density at radius 2 is 1.20 bits per heavy atom. The summed E-state index contributed by atoms with van der Waals surface area (Å²) in [7, 11) is 0. The molecule has 172 valence electrons. The maximum atomic E-state index is 12.8. The average molecular weight is 468 g/mol. The molecule has 2 aliphatic rings. The van der Waals surface area contributed by atoms with Crippen molar-refractivity contribution in [2.75, 3.05) is 18.5 Å². The topological polar surface area (TPSA) is 127 Å². The molecule has 0 unspecified atom stereocenters. The predicted octanol–water partition coefficient (Wildman–Crippen LogP) is 2.24. The van der Waals surface area contributed by atoms with Crippen LogP contribution < -0.4 is 5.32 Å². The van der Waals surface area contributed by atoms with Gasteiger partial charge in [-0.2, -0.15) is 0 Å². The Morgan fingerprint density at radius 3 is 1.80 bits per heavy atom. The van der Waals surface area contributed by atoms with Crippen LogP contribution in [0.25, 0.3) is 0 Å². The van der Waals surface area contributed by atoms with Crippen molar-refractivity contribution < 1.29 is 33.5 Å². The molecular weight excluding hydrogens is 452 g/mol. The van der Waals surface area contributed by atoms with Gasteiger partial charge in [0.1, 0.15) is 6.54 Å². The SMILES string of the molecule is O=C(COC(=O)CN1C(=O)c2ccccc2C1=O)Nc1ccc2c(c1)C(=O)c1ccccc1C2=O. The number of imide groups is 1. The Balaban J connectivity index is 1.20. The first-order valence-electron chi connectivity index (χ1n) is 10.6. The minimum absolute atomic E-state index is 0.161. The maximum absolute atomic E-state index is 12.8. The number of ether oxygens (including phenoxy) is 1. The molecule has 1 aliphatic heterocycles. The van der Waals surface area contributed by atoms with Crippen LogP contribution >= 0.6 is 0 Å². The van der Waals surface area contributed by atoms with Crippen LogP contribution in [0.2, 0.25) is 0 Å². The van der Waals surface area contributed by atoms with E-state index in [-0.39, 0.29) is 45.1 Å². The highest BCUT2D eigenvalue weighted by atomic mass is 16.5. The lowest BCUT2D eigenvalue weighted by Crippen LogP contribution is -2.36. The molecular formula is C26H16N2O7. The Bertz CT molecular complexity index is 1440. The molecule has 0 saturated heterocycles. The van der Waals surface area contributed by atoms with E-state index in [1.54, 1.807) is 36.4 Å². The van der Waals surface area contributed by atoms with E-state index in [0.29, 0.717) is 5.56 Å². The highest BCUT2D eigenvalue weighted by molar-refractivity contribution is 6.28. The van der Waals surface area contributed by atoms with Crippen molar-refractivity contribution in [3.8, 4) is 0 Å². The number of amides is 3. The van der Waals surface area contributed by atoms with Crippen molar-refractivity contribution in [1.29, 1.82) is 0 Å². The summed E-state index contributed by atoms with van der Waals surface area (Å²) in [6.07, 6.45) is 0. The molecule has 3 aromatic rings. The second-order valence-electron chi connectivity index (χ2n) is 7.92. The third-order valence-electron chi connectivity index (χ3n) is 5.74. The molecule has 9 nitrogen and oxygen atoms in total. The van der Waals surface area contributed by atoms with Gasteiger partial charge in [-0.1, -0.05) is 36.4 Å². The first-order valence-corrected chi connectivity index (χ1v) is 10.6. The molecule has 3 amide bonds. The number of anilines is 1. The molecule has 0 bridgehead atoms. The van der Waals surface area contributed by atoms with Gasteiger partial charge in [-0.05, 0) is 30.3 Å². The minimum Gasteiger partial charge on any atom is -0.454 e. The van der Waals surface area contributed by atoms with Gasteiger partial charge < -0.3 is 10.1 Å². The lowest BCUT2D eigenvalue weighted by Gasteiger charge is -2.18. The number of hydrogen-bond acceptors (Lipinski definition) is 7. The summed E-state index contributed by atoms with van der Waals surface area (Å²) in [4.78, 5) is 75.4. The van der Waals surface area contributed by atoms with Gasteiger partial charge in [-0.25, -0.2) is 0 Å². The number of fused-ring (bicyclic) bond motifs is 3. The first-order chi connectivity index (χ1) is 16.8. The number of esters is 1. The van der Waals surface area contributed by atoms with Gasteiger partial charge in [-0.3, -0.25) is 33.7 Å². The number of rotatable bonds is 5. The van der Waals surface area contributed by atoms with Gasteiger partial charge in [0.15, 0.2) is 18.2 Å². The lowest BCUT2D eigenvalue weighted by molar-refractivity contribution is -0.147. The quantitative estimate of drug-likeness (QED) is 0.352. The number of hydrogen-bond donors (Lipinski definition) is 1. The van der Waals surface area contributed by atoms with Crippen molar-refractivity contribution in [3.63, 3.8) is 0 Å². The third-order valence-corrected chi connectivity index (χ3v) is 5.74. The zero-order valence-electron chi connectivity index (χ0n) is 18.1. The molecule has 0 saturated carbocycles. The van der Waals surface area contributed by atoms with Crippen LogP contribution in [-0.2, 0) is 14.3 Å². The average Bonchev–Trinajstić information content (AvgIpc) is 3.11. The summed E-state index contributed by atoms with van der Waals surface area (Å²) in [5.41, 5.74) is 1.65. The second-order valence-corrected chi connectivity index (χ2v) is 7.92. The number of carbonyl (C=O) groups excluding carboxylic acids is 6. The van der Waals surface area contributed by atoms with Crippen LogP contribution in [0.5, 0.6) is 0 Å². The Labute approximate surface area is 198 Å². The molecule has 35 heavy (non-hydrogen) atoms. The Morgan fingerprint density at radius 1 is 0.686 bits per heavy atom. The van der Waals surface area contributed by atoms with Crippen LogP contribution in [-0.4, -0.2) is 53.3 Å². The molecule has 3 aromatic carbocycles. The van der Waals surface area contributed by atoms with Crippen molar-refractivity contribution in [2.45, 2.75) is 0 Å². The number of nitrogens with one attached hydrogen (secondary N) is 1. The van der Waals surface area contributed by atoms with Crippen molar-refractivity contribution in [3.05, 3.63) is 100 Å². The van der Waals surface area contributed by atoms with Gasteiger partial charge in [-0.15, -0.1) is 0 Å². The fourth-order valence-corrected chi connectivity index (χ4v) is 4.08. The summed E-state index contributed by atoms with van der Waals surface area (Å²) in [5, 5.41) is 2.50. The number of benzene rings is 3. The van der Waals surface area contributed by atoms with E-state index < -0.39 is 36.8 Å². The van der Waals surface area contributed by atoms with Gasteiger partial charge in [0.2, 0.25) is 0 Å². The molecule has 1 heterocycles. The van der Waals surface area contributed by atoms with Gasteiger partial charge in [0.25, 0.3) is 17.7 Å². The summed E-state index contributed by atoms with van der Waals surface area (Å²) >= 11 is 0. The van der Waals surface area contributed by atoms with Crippen LogP contribution in [0.1, 0.15) is 52.6 Å². The molecule has 0 fully saturated rings. The van der Waals surface area contributed by atoms with E-state index in [9.17, 15) is 28.8 Å². The third kappa shape index (κ3) is 3.78. The standard InChI is InChI=1S/C26H16N2O7/c29-21(13-35-22(30)12-28-25(33)18-7-3-4-8-19(18)26(28)34)27-14-9-10-17-20(11-14)24(32)16-6-2-1-5-15(16)23(17)31/h1-11H,12-13H2,(H,27,29). The largest absolute Gasteiger partial charge is 0.454 e. The second kappa shape index (κ2) is 8.45. The van der Waals surface area contributed by atoms with Gasteiger partial charge in [0, 0.05) is 27.9 Å². The molecule has 0 spiro atoms. The Hall–Kier alpha value is -4.92. The van der Waals surface area contributed by atoms with Gasteiger partial charge >= 0.3 is 5.97 Å². The first kappa shape index (κ1) is 21.9. The summed E-state index contributed by atoms with van der Waals surface area (Å²) < 4.78 is 4.91. The lowest BCUT2D eigenvalue weighted by atomic mass is 9.84. The van der Waals surface area contributed by atoms with Crippen LogP contribution in [0.4, 0.5) is 5.69 Å². The summed E-state index contributed by atoms with van der Waals surface area (Å²) in [6, 6.07) is 17.0. The molecule has 1 N–H and O–H groups in total. The molecule has 9 heteroatoms. The zero-order valence-corrected chi connectivity index (χ0v) is 18.1. The van der Waals surface area contributed by atoms with Gasteiger partial charge in [0.05, 0.1) is 11.1 Å². The molecule has 0 aromatic heterocycles. The number of nitrogens with zero attached hydrogens (tertiary/aromatic N) is 1. The highest BCUT2D eigenvalue weighted by Gasteiger charge is 2.36. The Kier molecular flexibility index (Phi) is 5.29. The molecule has 0 radical (unpaired) electrons. The van der Waals surface area contributed by atoms with E-state index in [4.69, 9.17) is 4.74 Å². The summed E-state index contributed by atoms with van der Waals surface area (Å²) in [5.74, 6) is -3.47. The van der Waals surface area contributed by atoms with Crippen molar-refractivity contribution >= 4 is 40.9 Å². The van der Waals surface area contributed by atoms with Crippen molar-refractivity contribution in [1.82, 2.24) is 4.90 Å². The smallest absolute Gasteiger partial charge is 0.326 e.